The summed E-state index contributed by atoms with van der Waals surface area (Å²) >= 11 is 0. The molecule has 0 saturated heterocycles. The number of aryl methyl sites for hydroxylation is 2. The number of furan rings is 3. The van der Waals surface area contributed by atoms with Gasteiger partial charge in [-0.1, -0.05) is 157 Å². The molecule has 0 unspecified atom stereocenters. The quantitative estimate of drug-likeness (QED) is 0.174. The van der Waals surface area contributed by atoms with Crippen LogP contribution in [0.15, 0.2) is 159 Å². The van der Waals surface area contributed by atoms with Crippen LogP contribution >= 0.6 is 0 Å². The summed E-state index contributed by atoms with van der Waals surface area (Å²) in [7, 11) is 0. The van der Waals surface area contributed by atoms with Crippen LogP contribution in [0, 0.1) is 13.8 Å². The highest BCUT2D eigenvalue weighted by Gasteiger charge is 2.35. The van der Waals surface area contributed by atoms with Crippen LogP contribution < -0.4 is 4.90 Å². The molecule has 0 spiro atoms. The molecule has 5 nitrogen and oxygen atoms in total. The standard InChI is InChI=1S/C62H48N2O3/c1-33-28-30-36-38-16-14-26-50-52(38)53-54(63(48(36)31-33)46-24-12-19-41-39-17-10-22-44(61(3,4)5)56(39)66-58(41)46)43-21-9-15-37-35-29-27-34(2)32-49(35)64(55(51(37)43)60(53)65-50)47-25-13-20-42-40-18-11-23-45(62(6,7)8)57(40)67-59(42)47/h9-32H,1-8H3. The van der Waals surface area contributed by atoms with Crippen LogP contribution in [-0.4, -0.2) is 4.57 Å². The van der Waals surface area contributed by atoms with Gasteiger partial charge in [-0.25, -0.2) is 0 Å². The summed E-state index contributed by atoms with van der Waals surface area (Å²) < 4.78 is 24.4. The van der Waals surface area contributed by atoms with Crippen molar-refractivity contribution >= 4 is 115 Å². The Morgan fingerprint density at radius 2 is 0.940 bits per heavy atom. The van der Waals surface area contributed by atoms with E-state index in [-0.39, 0.29) is 10.8 Å². The molecule has 4 aromatic heterocycles. The van der Waals surface area contributed by atoms with E-state index in [1.54, 1.807) is 0 Å². The van der Waals surface area contributed by atoms with Crippen molar-refractivity contribution in [3.8, 4) is 16.8 Å². The summed E-state index contributed by atoms with van der Waals surface area (Å²) in [5.74, 6) is 0. The Balaban J connectivity index is 1.22. The molecule has 324 valence electrons. The van der Waals surface area contributed by atoms with Crippen molar-refractivity contribution in [1.82, 2.24) is 4.57 Å². The van der Waals surface area contributed by atoms with E-state index in [0.29, 0.717) is 0 Å². The van der Waals surface area contributed by atoms with Gasteiger partial charge in [-0.3, -0.25) is 0 Å². The van der Waals surface area contributed by atoms with Gasteiger partial charge in [-0.2, -0.15) is 0 Å². The van der Waals surface area contributed by atoms with Gasteiger partial charge in [0.1, 0.15) is 16.7 Å². The van der Waals surface area contributed by atoms with Gasteiger partial charge in [0.15, 0.2) is 16.7 Å². The molecular formula is C62H48N2O3. The van der Waals surface area contributed by atoms with Crippen molar-refractivity contribution in [2.75, 3.05) is 4.90 Å². The molecule has 1 aliphatic rings. The summed E-state index contributed by atoms with van der Waals surface area (Å²) in [6.07, 6.45) is 0. The Morgan fingerprint density at radius 3 is 1.63 bits per heavy atom. The Bertz CT molecular complexity index is 4320. The lowest BCUT2D eigenvalue weighted by molar-refractivity contribution is 0.572. The van der Waals surface area contributed by atoms with E-state index in [1.165, 1.54) is 22.3 Å². The molecule has 67 heavy (non-hydrogen) atoms. The zero-order chi connectivity index (χ0) is 45.4. The zero-order valence-electron chi connectivity index (χ0n) is 39.0. The van der Waals surface area contributed by atoms with Crippen LogP contribution in [0.3, 0.4) is 0 Å². The number of rotatable bonds is 2. The van der Waals surface area contributed by atoms with Gasteiger partial charge < -0.3 is 22.7 Å². The van der Waals surface area contributed by atoms with Crippen LogP contribution in [0.4, 0.5) is 17.1 Å². The van der Waals surface area contributed by atoms with Crippen LogP contribution in [0.25, 0.3) is 115 Å². The smallest absolute Gasteiger partial charge is 0.162 e. The molecule has 0 amide bonds. The highest BCUT2D eigenvalue weighted by atomic mass is 16.3. The summed E-state index contributed by atoms with van der Waals surface area (Å²) in [6.45, 7) is 17.9. The maximum Gasteiger partial charge on any atom is 0.162 e. The fraction of sp³-hybridized carbons (Fsp3) is 0.161. The second kappa shape index (κ2) is 13.0. The molecule has 14 rings (SSSR count). The molecule has 13 aromatic rings. The first kappa shape index (κ1) is 38.5. The molecule has 1 aliphatic heterocycles. The number of hydrogen-bond donors (Lipinski definition) is 0. The summed E-state index contributed by atoms with van der Waals surface area (Å²) in [5.41, 5.74) is 18.3. The van der Waals surface area contributed by atoms with E-state index >= 15 is 0 Å². The van der Waals surface area contributed by atoms with Crippen molar-refractivity contribution in [1.29, 1.82) is 0 Å². The Morgan fingerprint density at radius 1 is 0.388 bits per heavy atom. The molecule has 0 saturated carbocycles. The van der Waals surface area contributed by atoms with Crippen LogP contribution in [0.1, 0.15) is 63.8 Å². The number of para-hydroxylation sites is 4. The lowest BCUT2D eigenvalue weighted by atomic mass is 9.86. The average Bonchev–Trinajstić information content (AvgIpc) is 3.99. The zero-order valence-corrected chi connectivity index (χ0v) is 39.0. The Kier molecular flexibility index (Phi) is 7.46. The topological polar surface area (TPSA) is 47.6 Å². The van der Waals surface area contributed by atoms with Gasteiger partial charge in [0.05, 0.1) is 39.2 Å². The Labute approximate surface area is 387 Å². The van der Waals surface area contributed by atoms with Crippen LogP contribution in [0.2, 0.25) is 0 Å². The summed E-state index contributed by atoms with van der Waals surface area (Å²) in [6, 6.07) is 53.5. The predicted molar refractivity (Wildman–Crippen MR) is 281 cm³/mol. The number of anilines is 3. The second-order valence-electron chi connectivity index (χ2n) is 21.0. The van der Waals surface area contributed by atoms with E-state index in [1.807, 2.05) is 0 Å². The van der Waals surface area contributed by atoms with Gasteiger partial charge in [0.25, 0.3) is 0 Å². The molecule has 0 aliphatic carbocycles. The SMILES string of the molecule is Cc1ccc2c(c1)N(c1cccc3c1oc1c(C(C)(C)C)cccc13)c1c3oc4cccc5c6ccc(C)cc6n(-c6cccc7c6oc6c(C(C)(C)C)cccc67)c(c6cccc-2c16)c3c45. The van der Waals surface area contributed by atoms with E-state index in [2.05, 4.69) is 210 Å². The van der Waals surface area contributed by atoms with Gasteiger partial charge in [-0.05, 0) is 77.1 Å². The fourth-order valence-electron chi connectivity index (χ4n) is 11.7. The van der Waals surface area contributed by atoms with Crippen LogP contribution in [0.5, 0.6) is 0 Å². The van der Waals surface area contributed by atoms with E-state index in [9.17, 15) is 0 Å². The minimum atomic E-state index is -0.117. The Hall–Kier alpha value is -7.76. The molecule has 0 fully saturated rings. The highest BCUT2D eigenvalue weighted by molar-refractivity contribution is 6.37. The van der Waals surface area contributed by atoms with Crippen molar-refractivity contribution in [3.05, 3.63) is 168 Å². The monoisotopic (exact) mass is 868 g/mol. The second-order valence-corrected chi connectivity index (χ2v) is 21.0. The van der Waals surface area contributed by atoms with Crippen molar-refractivity contribution in [3.63, 3.8) is 0 Å². The fourth-order valence-corrected chi connectivity index (χ4v) is 11.7. The van der Waals surface area contributed by atoms with E-state index < -0.39 is 0 Å². The van der Waals surface area contributed by atoms with Crippen molar-refractivity contribution in [2.24, 2.45) is 0 Å². The van der Waals surface area contributed by atoms with Gasteiger partial charge in [0.2, 0.25) is 0 Å². The number of fused-ring (bicyclic) bond motifs is 12. The minimum Gasteiger partial charge on any atom is -0.454 e. The number of nitrogens with zero attached hydrogens (tertiary/aromatic N) is 2. The third-order valence-electron chi connectivity index (χ3n) is 14.6. The number of benzene rings is 9. The first-order valence-corrected chi connectivity index (χ1v) is 23.5. The van der Waals surface area contributed by atoms with Crippen LogP contribution in [-0.2, 0) is 10.8 Å². The van der Waals surface area contributed by atoms with Gasteiger partial charge in [0, 0.05) is 59.8 Å². The van der Waals surface area contributed by atoms with Crippen molar-refractivity contribution in [2.45, 2.75) is 66.2 Å². The normalized spacial score (nSPS) is 13.3. The highest BCUT2D eigenvalue weighted by Crippen LogP contribution is 2.59. The number of hydrogen-bond acceptors (Lipinski definition) is 4. The average molecular weight is 869 g/mol. The molecule has 0 N–H and O–H groups in total. The van der Waals surface area contributed by atoms with Crippen molar-refractivity contribution < 1.29 is 13.3 Å². The third-order valence-corrected chi connectivity index (χ3v) is 14.6. The third kappa shape index (κ3) is 5.09. The van der Waals surface area contributed by atoms with Gasteiger partial charge >= 0.3 is 0 Å². The summed E-state index contributed by atoms with van der Waals surface area (Å²) in [5, 5.41) is 11.1. The maximum atomic E-state index is 7.45. The lowest BCUT2D eigenvalue weighted by Crippen LogP contribution is -2.16. The first-order chi connectivity index (χ1) is 32.3. The maximum absolute atomic E-state index is 7.45. The minimum absolute atomic E-state index is 0.114. The molecule has 5 heterocycles. The van der Waals surface area contributed by atoms with E-state index in [0.717, 1.165) is 132 Å². The van der Waals surface area contributed by atoms with E-state index in [4.69, 9.17) is 13.3 Å². The molecule has 0 radical (unpaired) electrons. The number of aromatic nitrogens is 1. The molecule has 5 heteroatoms. The molecular weight excluding hydrogens is 821 g/mol. The van der Waals surface area contributed by atoms with Gasteiger partial charge in [-0.15, -0.1) is 0 Å². The molecule has 9 aromatic carbocycles. The largest absolute Gasteiger partial charge is 0.454 e. The molecule has 0 atom stereocenters. The predicted octanol–water partition coefficient (Wildman–Crippen LogP) is 18.3. The molecule has 0 bridgehead atoms. The first-order valence-electron chi connectivity index (χ1n) is 23.5. The summed E-state index contributed by atoms with van der Waals surface area (Å²) in [4.78, 5) is 2.45. The lowest BCUT2D eigenvalue weighted by Gasteiger charge is -2.34.